The second kappa shape index (κ2) is 4.72. The van der Waals surface area contributed by atoms with Crippen molar-refractivity contribution in [2.45, 2.75) is 51.2 Å². The molecule has 122 valence electrons. The third kappa shape index (κ3) is 2.13. The van der Waals surface area contributed by atoms with Crippen LogP contribution in [0.5, 0.6) is 0 Å². The molecular weight excluding hydrogens is 298 g/mol. The SMILES string of the molecule is CC(=O)[C@H]1C[C@@H](n2cnc3c(N)ncnc32)[C@@H]2OC(C)(C)O[C@@H]21. The van der Waals surface area contributed by atoms with E-state index in [1.807, 2.05) is 18.4 Å². The van der Waals surface area contributed by atoms with Crippen molar-refractivity contribution in [3.63, 3.8) is 0 Å². The first-order valence-corrected chi connectivity index (χ1v) is 7.66. The Morgan fingerprint density at radius 3 is 2.78 bits per heavy atom. The van der Waals surface area contributed by atoms with Crippen molar-refractivity contribution in [1.29, 1.82) is 0 Å². The van der Waals surface area contributed by atoms with Crippen LogP contribution < -0.4 is 5.73 Å². The van der Waals surface area contributed by atoms with Gasteiger partial charge in [-0.15, -0.1) is 0 Å². The van der Waals surface area contributed by atoms with Crippen molar-refractivity contribution in [3.8, 4) is 0 Å². The molecule has 3 heterocycles. The van der Waals surface area contributed by atoms with Gasteiger partial charge in [0.15, 0.2) is 17.3 Å². The van der Waals surface area contributed by atoms with Crippen LogP contribution in [-0.2, 0) is 14.3 Å². The predicted molar refractivity (Wildman–Crippen MR) is 81.4 cm³/mol. The van der Waals surface area contributed by atoms with E-state index in [0.717, 1.165) is 0 Å². The largest absolute Gasteiger partial charge is 0.382 e. The Kier molecular flexibility index (Phi) is 2.98. The molecular formula is C15H19N5O3. The number of anilines is 1. The molecule has 0 unspecified atom stereocenters. The lowest BCUT2D eigenvalue weighted by atomic mass is 10.0. The summed E-state index contributed by atoms with van der Waals surface area (Å²) in [6.07, 6.45) is 3.28. The Morgan fingerprint density at radius 1 is 1.30 bits per heavy atom. The van der Waals surface area contributed by atoms with E-state index in [1.54, 1.807) is 13.3 Å². The molecule has 2 aromatic rings. The number of rotatable bonds is 2. The number of Topliss-reactive ketones (excluding diaryl/α,β-unsaturated/α-hetero) is 1. The Balaban J connectivity index is 1.78. The number of hydrogen-bond donors (Lipinski definition) is 1. The fourth-order valence-corrected chi connectivity index (χ4v) is 3.74. The highest BCUT2D eigenvalue weighted by Gasteiger charge is 2.56. The van der Waals surface area contributed by atoms with Gasteiger partial charge in [-0.3, -0.25) is 4.79 Å². The molecule has 0 bridgehead atoms. The van der Waals surface area contributed by atoms with E-state index >= 15 is 0 Å². The number of hydrogen-bond acceptors (Lipinski definition) is 7. The van der Waals surface area contributed by atoms with E-state index in [2.05, 4.69) is 15.0 Å². The van der Waals surface area contributed by atoms with Gasteiger partial charge in [-0.05, 0) is 27.2 Å². The quantitative estimate of drug-likeness (QED) is 0.883. The van der Waals surface area contributed by atoms with Crippen LogP contribution in [0.1, 0.15) is 33.2 Å². The monoisotopic (exact) mass is 317 g/mol. The van der Waals surface area contributed by atoms with E-state index in [1.165, 1.54) is 6.33 Å². The molecule has 8 heteroatoms. The zero-order valence-electron chi connectivity index (χ0n) is 13.3. The summed E-state index contributed by atoms with van der Waals surface area (Å²) in [5.41, 5.74) is 7.07. The number of nitrogens with two attached hydrogens (primary N) is 1. The maximum absolute atomic E-state index is 12.0. The first-order valence-electron chi connectivity index (χ1n) is 7.66. The molecule has 0 radical (unpaired) electrons. The molecule has 2 fully saturated rings. The summed E-state index contributed by atoms with van der Waals surface area (Å²) in [6, 6.07) is -0.0741. The van der Waals surface area contributed by atoms with E-state index < -0.39 is 5.79 Å². The second-order valence-corrected chi connectivity index (χ2v) is 6.67. The van der Waals surface area contributed by atoms with Gasteiger partial charge in [0, 0.05) is 5.92 Å². The van der Waals surface area contributed by atoms with Crippen LogP contribution in [0.3, 0.4) is 0 Å². The number of aromatic nitrogens is 4. The number of nitrogens with zero attached hydrogens (tertiary/aromatic N) is 4. The predicted octanol–water partition coefficient (Wildman–Crippen LogP) is 1.08. The van der Waals surface area contributed by atoms with E-state index in [0.29, 0.717) is 23.4 Å². The minimum Gasteiger partial charge on any atom is -0.382 e. The summed E-state index contributed by atoms with van der Waals surface area (Å²) >= 11 is 0. The smallest absolute Gasteiger partial charge is 0.165 e. The molecule has 4 rings (SSSR count). The molecule has 0 aromatic carbocycles. The highest BCUT2D eigenvalue weighted by molar-refractivity contribution is 5.82. The summed E-state index contributed by atoms with van der Waals surface area (Å²) < 4.78 is 14.0. The van der Waals surface area contributed by atoms with Gasteiger partial charge in [0.2, 0.25) is 0 Å². The van der Waals surface area contributed by atoms with Crippen LogP contribution in [0.15, 0.2) is 12.7 Å². The number of carbonyl (C=O) groups excluding carboxylic acids is 1. The van der Waals surface area contributed by atoms with Crippen molar-refractivity contribution >= 4 is 22.8 Å². The third-order valence-electron chi connectivity index (χ3n) is 4.70. The molecule has 8 nitrogen and oxygen atoms in total. The minimum absolute atomic E-state index is 0.0741. The van der Waals surface area contributed by atoms with Gasteiger partial charge >= 0.3 is 0 Å². The second-order valence-electron chi connectivity index (χ2n) is 6.67. The number of nitrogen functional groups attached to an aromatic ring is 1. The topological polar surface area (TPSA) is 105 Å². The Bertz CT molecular complexity index is 787. The summed E-state index contributed by atoms with van der Waals surface area (Å²) in [4.78, 5) is 24.6. The van der Waals surface area contributed by atoms with Crippen molar-refractivity contribution in [3.05, 3.63) is 12.7 Å². The van der Waals surface area contributed by atoms with E-state index in [9.17, 15) is 4.79 Å². The average Bonchev–Trinajstić information content (AvgIpc) is 3.09. The van der Waals surface area contributed by atoms with Crippen molar-refractivity contribution < 1.29 is 14.3 Å². The molecule has 1 aliphatic heterocycles. The normalized spacial score (nSPS) is 32.3. The fraction of sp³-hybridized carbons (Fsp3) is 0.600. The fourth-order valence-electron chi connectivity index (χ4n) is 3.74. The van der Waals surface area contributed by atoms with Gasteiger partial charge < -0.3 is 19.8 Å². The average molecular weight is 317 g/mol. The van der Waals surface area contributed by atoms with Gasteiger partial charge in [-0.1, -0.05) is 0 Å². The number of fused-ring (bicyclic) bond motifs is 2. The molecule has 2 aromatic heterocycles. The van der Waals surface area contributed by atoms with Gasteiger partial charge in [0.25, 0.3) is 0 Å². The lowest BCUT2D eigenvalue weighted by Crippen LogP contribution is -2.29. The van der Waals surface area contributed by atoms with Gasteiger partial charge in [-0.25, -0.2) is 15.0 Å². The Morgan fingerprint density at radius 2 is 2.04 bits per heavy atom. The number of imidazole rings is 1. The van der Waals surface area contributed by atoms with Crippen LogP contribution in [0.2, 0.25) is 0 Å². The number of carbonyl (C=O) groups is 1. The third-order valence-corrected chi connectivity index (χ3v) is 4.70. The zero-order chi connectivity index (χ0) is 16.4. The highest BCUT2D eigenvalue weighted by atomic mass is 16.8. The maximum atomic E-state index is 12.0. The van der Waals surface area contributed by atoms with Crippen molar-refractivity contribution in [2.75, 3.05) is 5.73 Å². The lowest BCUT2D eigenvalue weighted by molar-refractivity contribution is -0.162. The van der Waals surface area contributed by atoms with Crippen LogP contribution in [0.25, 0.3) is 11.2 Å². The molecule has 1 saturated heterocycles. The number of ether oxygens (including phenoxy) is 2. The zero-order valence-corrected chi connectivity index (χ0v) is 13.3. The van der Waals surface area contributed by atoms with Gasteiger partial charge in [-0.2, -0.15) is 0 Å². The van der Waals surface area contributed by atoms with Gasteiger partial charge in [0.05, 0.1) is 18.5 Å². The maximum Gasteiger partial charge on any atom is 0.165 e. The van der Waals surface area contributed by atoms with Crippen molar-refractivity contribution in [2.24, 2.45) is 5.92 Å². The van der Waals surface area contributed by atoms with Gasteiger partial charge in [0.1, 0.15) is 23.7 Å². The Hall–Kier alpha value is -2.06. The molecule has 2 aliphatic rings. The van der Waals surface area contributed by atoms with Crippen LogP contribution in [0, 0.1) is 5.92 Å². The molecule has 1 aliphatic carbocycles. The molecule has 0 amide bonds. The van der Waals surface area contributed by atoms with E-state index in [-0.39, 0.29) is 30.0 Å². The highest BCUT2D eigenvalue weighted by Crippen LogP contribution is 2.47. The summed E-state index contributed by atoms with van der Waals surface area (Å²) in [5.74, 6) is -0.437. The minimum atomic E-state index is -0.702. The van der Waals surface area contributed by atoms with Crippen LogP contribution in [0.4, 0.5) is 5.82 Å². The number of ketones is 1. The van der Waals surface area contributed by atoms with Crippen LogP contribution in [-0.4, -0.2) is 43.3 Å². The molecule has 2 N–H and O–H groups in total. The summed E-state index contributed by atoms with van der Waals surface area (Å²) in [7, 11) is 0. The first-order chi connectivity index (χ1) is 10.9. The standard InChI is InChI=1S/C15H19N5O3/c1-7(21)8-4-9(12-11(8)22-15(2,3)23-12)20-6-19-10-13(16)17-5-18-14(10)20/h5-6,8-9,11-12H,4H2,1-3H3,(H2,16,17,18)/t8-,9-,11-,12+/m1/s1. The molecule has 23 heavy (non-hydrogen) atoms. The summed E-state index contributed by atoms with van der Waals surface area (Å²) in [5, 5.41) is 0. The first kappa shape index (κ1) is 14.5. The van der Waals surface area contributed by atoms with Crippen LogP contribution >= 0.6 is 0 Å². The molecule has 0 spiro atoms. The molecule has 1 saturated carbocycles. The van der Waals surface area contributed by atoms with E-state index in [4.69, 9.17) is 15.2 Å². The van der Waals surface area contributed by atoms with Crippen molar-refractivity contribution in [1.82, 2.24) is 19.5 Å². The Labute approximate surface area is 133 Å². The molecule has 4 atom stereocenters. The lowest BCUT2D eigenvalue weighted by Gasteiger charge is -2.23. The summed E-state index contributed by atoms with van der Waals surface area (Å²) in [6.45, 7) is 5.34.